The molecule has 0 unspecified atom stereocenters. The number of methoxy groups -OCH3 is 1. The molecule has 1 aromatic rings. The smallest absolute Gasteiger partial charge is 0.336 e. The Balaban J connectivity index is 2.16. The number of hydrogen-bond acceptors (Lipinski definition) is 6. The van der Waals surface area contributed by atoms with E-state index in [9.17, 15) is 9.59 Å². The van der Waals surface area contributed by atoms with Gasteiger partial charge >= 0.3 is 5.97 Å². The highest BCUT2D eigenvalue weighted by Gasteiger charge is 2.43. The zero-order valence-corrected chi connectivity index (χ0v) is 19.0. The third-order valence-electron chi connectivity index (χ3n) is 5.61. The summed E-state index contributed by atoms with van der Waals surface area (Å²) in [5.41, 5.74) is 3.31. The predicted molar refractivity (Wildman–Crippen MR) is 119 cm³/mol. The van der Waals surface area contributed by atoms with Crippen LogP contribution in [0, 0.1) is 5.41 Å². The first-order valence-corrected chi connectivity index (χ1v) is 10.5. The van der Waals surface area contributed by atoms with Crippen LogP contribution in [0.2, 0.25) is 0 Å². The molecule has 6 heteroatoms. The summed E-state index contributed by atoms with van der Waals surface area (Å²) in [6.45, 7) is 12.1. The Bertz CT molecular complexity index is 970. The summed E-state index contributed by atoms with van der Waals surface area (Å²) in [5, 5.41) is 3.33. The fraction of sp³-hybridized carbons (Fsp3) is 0.440. The number of Topliss-reactive ketones (excluding diaryl/α,β-unsaturated/α-hetero) is 1. The third-order valence-corrected chi connectivity index (χ3v) is 5.61. The van der Waals surface area contributed by atoms with Crippen molar-refractivity contribution >= 4 is 11.8 Å². The van der Waals surface area contributed by atoms with Gasteiger partial charge in [0.25, 0.3) is 0 Å². The maximum atomic E-state index is 13.3. The second kappa shape index (κ2) is 9.00. The topological polar surface area (TPSA) is 73.9 Å². The molecule has 1 aromatic carbocycles. The summed E-state index contributed by atoms with van der Waals surface area (Å²) in [4.78, 5) is 26.2. The zero-order chi connectivity index (χ0) is 22.8. The molecule has 166 valence electrons. The van der Waals surface area contributed by atoms with E-state index in [1.807, 2.05) is 19.1 Å². The molecule has 1 aliphatic heterocycles. The lowest BCUT2D eigenvalue weighted by Crippen LogP contribution is -2.38. The average molecular weight is 426 g/mol. The van der Waals surface area contributed by atoms with E-state index in [0.29, 0.717) is 41.4 Å². The first kappa shape index (κ1) is 22.7. The Morgan fingerprint density at radius 3 is 2.68 bits per heavy atom. The van der Waals surface area contributed by atoms with Crippen LogP contribution in [-0.4, -0.2) is 32.1 Å². The van der Waals surface area contributed by atoms with Gasteiger partial charge in [-0.25, -0.2) is 4.79 Å². The van der Waals surface area contributed by atoms with E-state index < -0.39 is 11.9 Å². The van der Waals surface area contributed by atoms with Crippen molar-refractivity contribution < 1.29 is 23.8 Å². The molecule has 0 aromatic heterocycles. The number of ether oxygens (including phenoxy) is 3. The Kier molecular flexibility index (Phi) is 6.58. The number of carbonyl (C=O) groups excluding carboxylic acids is 2. The number of allylic oxidation sites excluding steroid dienone is 3. The van der Waals surface area contributed by atoms with Crippen molar-refractivity contribution in [3.8, 4) is 11.5 Å². The molecule has 0 amide bonds. The fourth-order valence-electron chi connectivity index (χ4n) is 4.38. The first-order chi connectivity index (χ1) is 14.7. The van der Waals surface area contributed by atoms with Crippen molar-refractivity contribution in [3.05, 3.63) is 59.0 Å². The van der Waals surface area contributed by atoms with Crippen molar-refractivity contribution in [1.29, 1.82) is 0 Å². The van der Waals surface area contributed by atoms with Crippen molar-refractivity contribution in [1.82, 2.24) is 5.32 Å². The number of nitrogens with one attached hydrogen (secondary N) is 1. The highest BCUT2D eigenvalue weighted by atomic mass is 16.5. The number of hydrogen-bond donors (Lipinski definition) is 1. The van der Waals surface area contributed by atoms with Crippen LogP contribution in [-0.2, 0) is 14.3 Å². The lowest BCUT2D eigenvalue weighted by molar-refractivity contribution is -0.138. The SMILES string of the molecule is C=CCOc1ccc([C@H]2C(C(=O)OCC)=C(C)NC3=C2C(=O)CC(C)(C)C3)cc1OC. The summed E-state index contributed by atoms with van der Waals surface area (Å²) in [5.74, 6) is 0.200. The third kappa shape index (κ3) is 4.53. The number of ketones is 1. The number of benzene rings is 1. The van der Waals surface area contributed by atoms with Gasteiger partial charge in [0.2, 0.25) is 0 Å². The second-order valence-corrected chi connectivity index (χ2v) is 8.66. The van der Waals surface area contributed by atoms with Crippen LogP contribution < -0.4 is 14.8 Å². The highest BCUT2D eigenvalue weighted by Crippen LogP contribution is 2.47. The predicted octanol–water partition coefficient (Wildman–Crippen LogP) is 4.43. The Morgan fingerprint density at radius 2 is 2.03 bits per heavy atom. The molecule has 1 heterocycles. The van der Waals surface area contributed by atoms with Gasteiger partial charge < -0.3 is 19.5 Å². The maximum absolute atomic E-state index is 13.3. The van der Waals surface area contributed by atoms with Crippen LogP contribution in [0.1, 0.15) is 52.0 Å². The summed E-state index contributed by atoms with van der Waals surface area (Å²) in [6.07, 6.45) is 2.82. The number of rotatable bonds is 7. The first-order valence-electron chi connectivity index (χ1n) is 10.5. The summed E-state index contributed by atoms with van der Waals surface area (Å²) < 4.78 is 16.6. The largest absolute Gasteiger partial charge is 0.493 e. The number of carbonyl (C=O) groups is 2. The van der Waals surface area contributed by atoms with E-state index in [2.05, 4.69) is 25.7 Å². The lowest BCUT2D eigenvalue weighted by atomic mass is 9.68. The van der Waals surface area contributed by atoms with Gasteiger partial charge in [-0.1, -0.05) is 32.6 Å². The van der Waals surface area contributed by atoms with E-state index >= 15 is 0 Å². The van der Waals surface area contributed by atoms with Gasteiger partial charge in [0.05, 0.1) is 19.3 Å². The molecule has 1 N–H and O–H groups in total. The fourth-order valence-corrected chi connectivity index (χ4v) is 4.38. The molecule has 0 bridgehead atoms. The van der Waals surface area contributed by atoms with Crippen molar-refractivity contribution in [2.45, 2.75) is 46.5 Å². The summed E-state index contributed by atoms with van der Waals surface area (Å²) in [7, 11) is 1.56. The zero-order valence-electron chi connectivity index (χ0n) is 19.0. The van der Waals surface area contributed by atoms with Crippen molar-refractivity contribution in [2.24, 2.45) is 5.41 Å². The van der Waals surface area contributed by atoms with Crippen LogP contribution in [0.4, 0.5) is 0 Å². The number of dihydropyridines is 1. The minimum absolute atomic E-state index is 0.0454. The minimum atomic E-state index is -0.527. The molecule has 0 saturated carbocycles. The highest BCUT2D eigenvalue weighted by molar-refractivity contribution is 6.04. The monoisotopic (exact) mass is 425 g/mol. The molecule has 6 nitrogen and oxygen atoms in total. The molecule has 3 rings (SSSR count). The maximum Gasteiger partial charge on any atom is 0.336 e. The summed E-state index contributed by atoms with van der Waals surface area (Å²) >= 11 is 0. The molecule has 0 fully saturated rings. The van der Waals surface area contributed by atoms with Crippen LogP contribution in [0.5, 0.6) is 11.5 Å². The Hall–Kier alpha value is -3.02. The van der Waals surface area contributed by atoms with E-state index in [4.69, 9.17) is 14.2 Å². The second-order valence-electron chi connectivity index (χ2n) is 8.66. The van der Waals surface area contributed by atoms with Gasteiger partial charge in [0, 0.05) is 29.3 Å². The van der Waals surface area contributed by atoms with Gasteiger partial charge in [-0.05, 0) is 43.4 Å². The van der Waals surface area contributed by atoms with Crippen molar-refractivity contribution in [2.75, 3.05) is 20.3 Å². The molecule has 1 aliphatic carbocycles. The van der Waals surface area contributed by atoms with Crippen LogP contribution in [0.3, 0.4) is 0 Å². The van der Waals surface area contributed by atoms with E-state index in [0.717, 1.165) is 17.7 Å². The van der Waals surface area contributed by atoms with Crippen LogP contribution >= 0.6 is 0 Å². The van der Waals surface area contributed by atoms with Crippen molar-refractivity contribution in [3.63, 3.8) is 0 Å². The quantitative estimate of drug-likeness (QED) is 0.515. The van der Waals surface area contributed by atoms with Gasteiger partial charge in [-0.2, -0.15) is 0 Å². The molecule has 1 atom stereocenters. The molecular formula is C25H31NO5. The molecule has 0 saturated heterocycles. The molecular weight excluding hydrogens is 394 g/mol. The number of esters is 1. The average Bonchev–Trinajstić information content (AvgIpc) is 2.70. The van der Waals surface area contributed by atoms with Crippen LogP contribution in [0.15, 0.2) is 53.4 Å². The summed E-state index contributed by atoms with van der Waals surface area (Å²) in [6, 6.07) is 5.51. The lowest BCUT2D eigenvalue weighted by Gasteiger charge is -2.39. The Labute approximate surface area is 183 Å². The Morgan fingerprint density at radius 1 is 1.29 bits per heavy atom. The van der Waals surface area contributed by atoms with Gasteiger partial charge in [0.1, 0.15) is 6.61 Å². The van der Waals surface area contributed by atoms with Gasteiger partial charge in [0.15, 0.2) is 17.3 Å². The standard InChI is InChI=1S/C25H31NO5/c1-7-11-31-19-10-9-16(12-20(19)29-6)22-21(24(28)30-8-2)15(3)26-17-13-25(4,5)14-18(27)23(17)22/h7,9-10,12,22,26H,1,8,11,13-14H2,2-6H3/t22-/m0/s1. The van der Waals surface area contributed by atoms with E-state index in [-0.39, 0.29) is 17.8 Å². The normalized spacial score (nSPS) is 20.0. The molecule has 0 spiro atoms. The molecule has 2 aliphatic rings. The minimum Gasteiger partial charge on any atom is -0.493 e. The van der Waals surface area contributed by atoms with Gasteiger partial charge in [-0.15, -0.1) is 0 Å². The van der Waals surface area contributed by atoms with E-state index in [1.54, 1.807) is 26.2 Å². The molecule has 0 radical (unpaired) electrons. The van der Waals surface area contributed by atoms with E-state index in [1.165, 1.54) is 0 Å². The van der Waals surface area contributed by atoms with Gasteiger partial charge in [-0.3, -0.25) is 4.79 Å². The van der Waals surface area contributed by atoms with Crippen LogP contribution in [0.25, 0.3) is 0 Å². The molecule has 31 heavy (non-hydrogen) atoms.